The molecule has 1 fully saturated rings. The van der Waals surface area contributed by atoms with E-state index in [0.717, 1.165) is 0 Å². The number of ketones is 2. The summed E-state index contributed by atoms with van der Waals surface area (Å²) in [6.45, 7) is 16.6. The Morgan fingerprint density at radius 1 is 1.14 bits per heavy atom. The monoisotopic (exact) mass is 811 g/mol. The van der Waals surface area contributed by atoms with Gasteiger partial charge >= 0.3 is 18.0 Å². The Bertz CT molecular complexity index is 1720. The van der Waals surface area contributed by atoms with Crippen LogP contribution in [-0.2, 0) is 42.8 Å². The summed E-state index contributed by atoms with van der Waals surface area (Å²) in [4.78, 5) is 73.9. The largest absolute Gasteiger partial charge is 0.457 e. The summed E-state index contributed by atoms with van der Waals surface area (Å²) in [6, 6.07) is 7.41. The first kappa shape index (κ1) is 47.8. The number of azide groups is 1. The number of carbonyl (C=O) groups is 5. The Hall–Kier alpha value is -4.60. The van der Waals surface area contributed by atoms with Crippen LogP contribution in [-0.4, -0.2) is 116 Å². The third kappa shape index (κ3) is 11.8. The molecular weight excluding hydrogens is 750 g/mol. The number of cyclic esters (lactones) is 1. The third-order valence-electron chi connectivity index (χ3n) is 11.1. The minimum atomic E-state index is -1.70. The quantitative estimate of drug-likeness (QED) is 0.0481. The molecule has 0 unspecified atom stereocenters. The number of ether oxygens (including phenoxy) is 6. The number of nitrogens with zero attached hydrogens (tertiary/aromatic N) is 4. The van der Waals surface area contributed by atoms with Gasteiger partial charge in [0.05, 0.1) is 35.5 Å². The Balaban J connectivity index is 2.12. The molecule has 0 aliphatic carbocycles. The van der Waals surface area contributed by atoms with E-state index in [0.29, 0.717) is 12.0 Å². The second kappa shape index (κ2) is 20.9. The van der Waals surface area contributed by atoms with Crippen LogP contribution in [0.15, 0.2) is 59.8 Å². The van der Waals surface area contributed by atoms with E-state index in [1.807, 2.05) is 25.9 Å². The van der Waals surface area contributed by atoms with Crippen LogP contribution in [0.1, 0.15) is 85.0 Å². The maximum Gasteiger partial charge on any atom is 0.408 e. The van der Waals surface area contributed by atoms with E-state index in [9.17, 15) is 24.0 Å². The molecule has 58 heavy (non-hydrogen) atoms. The predicted octanol–water partition coefficient (Wildman–Crippen LogP) is 6.14. The lowest BCUT2D eigenvalue weighted by Gasteiger charge is -2.47. The number of allylic oxidation sites excluding steroid dienone is 1. The molecule has 16 nitrogen and oxygen atoms in total. The number of nitrogens with one attached hydrogen (secondary N) is 1. The fourth-order valence-corrected chi connectivity index (χ4v) is 7.75. The van der Waals surface area contributed by atoms with Crippen LogP contribution in [0.4, 0.5) is 4.79 Å². The topological polar surface area (TPSA) is 205 Å². The number of hydrogen-bond acceptors (Lipinski definition) is 13. The van der Waals surface area contributed by atoms with E-state index in [1.165, 1.54) is 33.1 Å². The Labute approximate surface area is 341 Å². The zero-order valence-electron chi connectivity index (χ0n) is 35.6. The molecule has 1 aromatic rings. The summed E-state index contributed by atoms with van der Waals surface area (Å²) < 4.78 is 37.3. The first-order valence-electron chi connectivity index (χ1n) is 19.6. The maximum atomic E-state index is 14.4. The lowest BCUT2D eigenvalue weighted by atomic mass is 9.77. The van der Waals surface area contributed by atoms with E-state index in [4.69, 9.17) is 34.0 Å². The second-order valence-corrected chi connectivity index (χ2v) is 15.9. The fourth-order valence-electron chi connectivity index (χ4n) is 7.75. The molecule has 0 aromatic heterocycles. The first-order chi connectivity index (χ1) is 27.2. The van der Waals surface area contributed by atoms with Crippen molar-refractivity contribution in [3.05, 3.63) is 70.6 Å². The van der Waals surface area contributed by atoms with Crippen LogP contribution < -0.4 is 5.32 Å². The molecule has 2 heterocycles. The summed E-state index contributed by atoms with van der Waals surface area (Å²) in [5.74, 6) is -5.48. The molecule has 3 rings (SSSR count). The molecule has 1 amide bonds. The van der Waals surface area contributed by atoms with Crippen LogP contribution in [0.5, 0.6) is 0 Å². The van der Waals surface area contributed by atoms with E-state index in [2.05, 4.69) is 21.9 Å². The normalized spacial score (nSPS) is 34.0. The molecule has 320 valence electrons. The summed E-state index contributed by atoms with van der Waals surface area (Å²) in [5.41, 5.74) is 6.23. The van der Waals surface area contributed by atoms with Crippen molar-refractivity contribution < 1.29 is 52.4 Å². The van der Waals surface area contributed by atoms with Crippen molar-refractivity contribution in [2.75, 3.05) is 27.7 Å². The summed E-state index contributed by atoms with van der Waals surface area (Å²) in [7, 11) is 5.17. The maximum absolute atomic E-state index is 14.4. The van der Waals surface area contributed by atoms with Crippen molar-refractivity contribution in [2.24, 2.45) is 22.9 Å². The van der Waals surface area contributed by atoms with Gasteiger partial charge in [-0.2, -0.15) is 0 Å². The number of esters is 2. The molecule has 12 atom stereocenters. The minimum absolute atomic E-state index is 0.0398. The van der Waals surface area contributed by atoms with Crippen LogP contribution in [0.3, 0.4) is 0 Å². The van der Waals surface area contributed by atoms with E-state index >= 15 is 0 Å². The van der Waals surface area contributed by atoms with Gasteiger partial charge in [-0.25, -0.2) is 9.59 Å². The number of amides is 1. The summed E-state index contributed by atoms with van der Waals surface area (Å²) >= 11 is 0. The van der Waals surface area contributed by atoms with Crippen molar-refractivity contribution in [2.45, 2.75) is 129 Å². The number of alkyl carbamates (subject to hydrolysis) is 1. The average molecular weight is 812 g/mol. The molecule has 0 bridgehead atoms. The van der Waals surface area contributed by atoms with Gasteiger partial charge in [-0.05, 0) is 97.3 Å². The highest BCUT2D eigenvalue weighted by Crippen LogP contribution is 2.38. The lowest BCUT2D eigenvalue weighted by molar-refractivity contribution is -0.294. The van der Waals surface area contributed by atoms with Crippen molar-refractivity contribution in [3.8, 4) is 0 Å². The first-order valence-corrected chi connectivity index (χ1v) is 19.6. The van der Waals surface area contributed by atoms with E-state index in [1.54, 1.807) is 65.0 Å². The molecule has 1 saturated heterocycles. The Morgan fingerprint density at radius 2 is 1.79 bits per heavy atom. The van der Waals surface area contributed by atoms with Crippen molar-refractivity contribution >= 4 is 29.6 Å². The van der Waals surface area contributed by atoms with Crippen molar-refractivity contribution in [3.63, 3.8) is 0 Å². The van der Waals surface area contributed by atoms with Crippen molar-refractivity contribution in [1.82, 2.24) is 10.2 Å². The SMILES string of the molecule is C=C[C@@H](CN=[N+]=[N-])NC(=O)O[C@@]1(C)/C=C(\C)C(=O)[C@H](C)C[C@](C)(OC)[C@H](O[C@@H]2O[C@H](C)C[C@H](N(C)C)[C@H]2OC(=O)c2ccccc2)[C@@H](C)C(=O)[C@@H](C)C(=O)O[C@H]1CC. The molecule has 0 saturated carbocycles. The van der Waals surface area contributed by atoms with Gasteiger partial charge in [0.25, 0.3) is 0 Å². The van der Waals surface area contributed by atoms with Gasteiger partial charge in [-0.3, -0.25) is 14.4 Å². The number of Topliss-reactive ketones (excluding diaryl/α,β-unsaturated/α-hetero) is 2. The highest BCUT2D eigenvalue weighted by molar-refractivity contribution is 6.00. The van der Waals surface area contributed by atoms with Gasteiger partial charge in [0, 0.05) is 30.4 Å². The fraction of sp³-hybridized carbons (Fsp3) is 0.643. The number of carbonyl (C=O) groups excluding carboxylic acids is 5. The summed E-state index contributed by atoms with van der Waals surface area (Å²) in [6.07, 6.45) is -2.24. The number of likely N-dealkylation sites (N-methyl/N-ethyl adjacent to an activating group) is 1. The molecule has 0 radical (unpaired) electrons. The predicted molar refractivity (Wildman–Crippen MR) is 214 cm³/mol. The Morgan fingerprint density at radius 3 is 2.36 bits per heavy atom. The second-order valence-electron chi connectivity index (χ2n) is 15.9. The molecule has 1 N–H and O–H groups in total. The zero-order chi connectivity index (χ0) is 43.5. The Kier molecular flexibility index (Phi) is 17.2. The van der Waals surface area contributed by atoms with Crippen LogP contribution >= 0.6 is 0 Å². The van der Waals surface area contributed by atoms with Gasteiger partial charge < -0.3 is 38.6 Å². The molecular formula is C42H61N5O11. The zero-order valence-corrected chi connectivity index (χ0v) is 35.6. The lowest BCUT2D eigenvalue weighted by Crippen LogP contribution is -2.60. The summed E-state index contributed by atoms with van der Waals surface area (Å²) in [5, 5.41) is 6.03. The third-order valence-corrected chi connectivity index (χ3v) is 11.1. The van der Waals surface area contributed by atoms with Crippen LogP contribution in [0, 0.1) is 17.8 Å². The molecule has 0 spiro atoms. The van der Waals surface area contributed by atoms with Gasteiger partial charge in [0.1, 0.15) is 12.0 Å². The minimum Gasteiger partial charge on any atom is -0.457 e. The van der Waals surface area contributed by atoms with Gasteiger partial charge in [-0.15, -0.1) is 6.58 Å². The number of methoxy groups -OCH3 is 1. The van der Waals surface area contributed by atoms with E-state index < -0.39 is 83.4 Å². The standard InChI is InChI=1S/C42H61N5O11/c1-13-30(23-44-46-43)45-40(52)58-41(8)21-24(3)33(48)25(4)22-42(9,53-12)36(27(6)34(49)28(7)37(50)55-32(41)14-2)57-39-35(31(47(10)11)20-26(5)54-39)56-38(51)29-18-16-15-17-19-29/h13,15-19,21,25-28,30-32,35-36,39H,1,14,20,22-23H2,2-12H3,(H,45,52)/b24-21+/t25-,26-,27+,28-,30+,31+,32+,35-,36-,39+,41+,42+/m1/s1. The number of hydrogen-bond donors (Lipinski definition) is 1. The van der Waals surface area contributed by atoms with Gasteiger partial charge in [0.2, 0.25) is 0 Å². The molecule has 1 aromatic carbocycles. The molecule has 2 aliphatic rings. The molecule has 2 aliphatic heterocycles. The number of benzene rings is 1. The smallest absolute Gasteiger partial charge is 0.408 e. The molecule has 16 heteroatoms. The average Bonchev–Trinajstić information content (AvgIpc) is 3.19. The van der Waals surface area contributed by atoms with Crippen molar-refractivity contribution in [1.29, 1.82) is 0 Å². The van der Waals surface area contributed by atoms with Crippen LogP contribution in [0.25, 0.3) is 10.4 Å². The van der Waals surface area contributed by atoms with Gasteiger partial charge in [-0.1, -0.05) is 50.2 Å². The van der Waals surface area contributed by atoms with E-state index in [-0.39, 0.29) is 42.9 Å². The number of rotatable bonds is 12. The highest BCUT2D eigenvalue weighted by atomic mass is 16.7. The van der Waals surface area contributed by atoms with Crippen LogP contribution in [0.2, 0.25) is 0 Å². The van der Waals surface area contributed by atoms with Gasteiger partial charge in [0.15, 0.2) is 29.6 Å². The highest BCUT2D eigenvalue weighted by Gasteiger charge is 2.51.